The summed E-state index contributed by atoms with van der Waals surface area (Å²) in [5.41, 5.74) is 1.87. The fourth-order valence-corrected chi connectivity index (χ4v) is 3.65. The van der Waals surface area contributed by atoms with Crippen molar-refractivity contribution in [3.8, 4) is 0 Å². The van der Waals surface area contributed by atoms with E-state index in [4.69, 9.17) is 11.6 Å². The van der Waals surface area contributed by atoms with Gasteiger partial charge in [-0.2, -0.15) is 11.8 Å². The highest BCUT2D eigenvalue weighted by molar-refractivity contribution is 7.99. The molecule has 1 aliphatic heterocycles. The molecule has 1 heterocycles. The number of nitrogens with one attached hydrogen (secondary N) is 1. The van der Waals surface area contributed by atoms with Crippen molar-refractivity contribution in [2.75, 3.05) is 6.54 Å². The zero-order chi connectivity index (χ0) is 13.1. The van der Waals surface area contributed by atoms with Gasteiger partial charge >= 0.3 is 0 Å². The first-order valence-corrected chi connectivity index (χ1v) is 7.87. The molecule has 1 aromatic carbocycles. The highest BCUT2D eigenvalue weighted by atomic mass is 35.5. The highest BCUT2D eigenvalue weighted by Gasteiger charge is 2.24. The molecule has 1 aromatic rings. The quantitative estimate of drug-likeness (QED) is 0.875. The van der Waals surface area contributed by atoms with Crippen LogP contribution < -0.4 is 5.32 Å². The second kappa shape index (κ2) is 6.27. The molecule has 0 bridgehead atoms. The lowest BCUT2D eigenvalue weighted by molar-refractivity contribution is 0.495. The van der Waals surface area contributed by atoms with E-state index < -0.39 is 0 Å². The van der Waals surface area contributed by atoms with E-state index in [1.165, 1.54) is 6.07 Å². The van der Waals surface area contributed by atoms with Crippen LogP contribution in [-0.2, 0) is 5.75 Å². The van der Waals surface area contributed by atoms with Crippen molar-refractivity contribution in [2.24, 2.45) is 0 Å². The van der Waals surface area contributed by atoms with Crippen LogP contribution in [-0.4, -0.2) is 11.8 Å². The van der Waals surface area contributed by atoms with Crippen molar-refractivity contribution in [3.05, 3.63) is 34.1 Å². The van der Waals surface area contributed by atoms with Crippen LogP contribution in [0, 0.1) is 5.82 Å². The Kier molecular flexibility index (Phi) is 4.93. The summed E-state index contributed by atoms with van der Waals surface area (Å²) in [5.74, 6) is 0.575. The lowest BCUT2D eigenvalue weighted by Crippen LogP contribution is -2.24. The van der Waals surface area contributed by atoms with Crippen molar-refractivity contribution in [1.82, 2.24) is 5.32 Å². The lowest BCUT2D eigenvalue weighted by atomic mass is 9.97. The molecule has 18 heavy (non-hydrogen) atoms. The molecular formula is C14H19ClFNS. The van der Waals surface area contributed by atoms with Gasteiger partial charge in [-0.25, -0.2) is 4.39 Å². The molecule has 0 spiro atoms. The summed E-state index contributed by atoms with van der Waals surface area (Å²) in [4.78, 5) is 0. The van der Waals surface area contributed by atoms with Crippen molar-refractivity contribution in [3.63, 3.8) is 0 Å². The van der Waals surface area contributed by atoms with Crippen molar-refractivity contribution in [1.29, 1.82) is 0 Å². The molecule has 2 rings (SSSR count). The average Bonchev–Trinajstić information content (AvgIpc) is 2.47. The molecule has 0 radical (unpaired) electrons. The summed E-state index contributed by atoms with van der Waals surface area (Å²) < 4.78 is 14.0. The molecule has 0 fully saturated rings. The minimum atomic E-state index is -0.164. The van der Waals surface area contributed by atoms with E-state index in [-0.39, 0.29) is 11.9 Å². The number of hydrogen-bond donors (Lipinski definition) is 1. The third-order valence-corrected chi connectivity index (χ3v) is 4.73. The smallest absolute Gasteiger partial charge is 0.129 e. The van der Waals surface area contributed by atoms with Gasteiger partial charge < -0.3 is 5.32 Å². The number of benzene rings is 1. The molecular weight excluding hydrogens is 269 g/mol. The van der Waals surface area contributed by atoms with Gasteiger partial charge in [0, 0.05) is 27.6 Å². The largest absolute Gasteiger partial charge is 0.310 e. The van der Waals surface area contributed by atoms with Crippen LogP contribution in [0.3, 0.4) is 0 Å². The molecule has 0 amide bonds. The number of hydrogen-bond acceptors (Lipinski definition) is 2. The van der Waals surface area contributed by atoms with E-state index in [0.29, 0.717) is 10.3 Å². The Bertz CT molecular complexity index is 425. The standard InChI is InChI=1S/C14H19ClFNS/c1-3-4-17-14-5-9(2)18-8-12-11(14)6-10(15)7-13(12)16/h6-7,9,14,17H,3-5,8H2,1-2H3. The normalized spacial score (nSPS) is 23.6. The van der Waals surface area contributed by atoms with E-state index in [2.05, 4.69) is 19.2 Å². The van der Waals surface area contributed by atoms with Crippen LogP contribution >= 0.6 is 23.4 Å². The van der Waals surface area contributed by atoms with Crippen molar-refractivity contribution in [2.45, 2.75) is 43.7 Å². The van der Waals surface area contributed by atoms with Gasteiger partial charge in [0.15, 0.2) is 0 Å². The SMILES string of the molecule is CCCNC1CC(C)SCc2c(F)cc(Cl)cc21. The first-order chi connectivity index (χ1) is 8.61. The first kappa shape index (κ1) is 14.2. The van der Waals surface area contributed by atoms with E-state index >= 15 is 0 Å². The van der Waals surface area contributed by atoms with Crippen LogP contribution in [0.1, 0.15) is 43.9 Å². The van der Waals surface area contributed by atoms with Gasteiger partial charge in [0.1, 0.15) is 5.82 Å². The van der Waals surface area contributed by atoms with Crippen molar-refractivity contribution >= 4 is 23.4 Å². The maximum absolute atomic E-state index is 14.0. The summed E-state index contributed by atoms with van der Waals surface area (Å²) in [5, 5.41) is 4.54. The summed E-state index contributed by atoms with van der Waals surface area (Å²) in [6.45, 7) is 5.30. The van der Waals surface area contributed by atoms with E-state index in [1.807, 2.05) is 17.8 Å². The molecule has 100 valence electrons. The Labute approximate surface area is 117 Å². The summed E-state index contributed by atoms with van der Waals surface area (Å²) in [6, 6.07) is 3.57. The van der Waals surface area contributed by atoms with Gasteiger partial charge in [0.2, 0.25) is 0 Å². The molecule has 1 N–H and O–H groups in total. The van der Waals surface area contributed by atoms with Crippen LogP contribution in [0.15, 0.2) is 12.1 Å². The van der Waals surface area contributed by atoms with Gasteiger partial charge in [-0.15, -0.1) is 0 Å². The number of rotatable bonds is 3. The molecule has 0 aliphatic carbocycles. The Morgan fingerprint density at radius 1 is 1.50 bits per heavy atom. The third kappa shape index (κ3) is 3.19. The Balaban J connectivity index is 2.36. The van der Waals surface area contributed by atoms with Gasteiger partial charge in [0.05, 0.1) is 0 Å². The monoisotopic (exact) mass is 287 g/mol. The summed E-state index contributed by atoms with van der Waals surface area (Å²) in [7, 11) is 0. The Morgan fingerprint density at radius 3 is 3.00 bits per heavy atom. The lowest BCUT2D eigenvalue weighted by Gasteiger charge is -2.21. The van der Waals surface area contributed by atoms with Crippen LogP contribution in [0.25, 0.3) is 0 Å². The van der Waals surface area contributed by atoms with Gasteiger partial charge in [-0.3, -0.25) is 0 Å². The fourth-order valence-electron chi connectivity index (χ4n) is 2.35. The summed E-state index contributed by atoms with van der Waals surface area (Å²) in [6.07, 6.45) is 2.11. The number of thioether (sulfide) groups is 1. The van der Waals surface area contributed by atoms with E-state index in [1.54, 1.807) is 0 Å². The molecule has 1 aliphatic rings. The topological polar surface area (TPSA) is 12.0 Å². The predicted octanol–water partition coefficient (Wildman–Crippen LogP) is 4.55. The Morgan fingerprint density at radius 2 is 2.28 bits per heavy atom. The molecule has 0 aromatic heterocycles. The predicted molar refractivity (Wildman–Crippen MR) is 77.8 cm³/mol. The van der Waals surface area contributed by atoms with E-state index in [0.717, 1.165) is 36.3 Å². The minimum absolute atomic E-state index is 0.164. The number of halogens is 2. The summed E-state index contributed by atoms with van der Waals surface area (Å²) >= 11 is 7.81. The number of fused-ring (bicyclic) bond motifs is 1. The molecule has 4 heteroatoms. The van der Waals surface area contributed by atoms with E-state index in [9.17, 15) is 4.39 Å². The zero-order valence-corrected chi connectivity index (χ0v) is 12.4. The first-order valence-electron chi connectivity index (χ1n) is 6.44. The third-order valence-electron chi connectivity index (χ3n) is 3.29. The second-order valence-electron chi connectivity index (χ2n) is 4.82. The molecule has 0 saturated heterocycles. The van der Waals surface area contributed by atoms with Gasteiger partial charge in [-0.1, -0.05) is 25.4 Å². The van der Waals surface area contributed by atoms with Crippen LogP contribution in [0.5, 0.6) is 0 Å². The molecule has 2 atom stereocenters. The Hall–Kier alpha value is -0.250. The van der Waals surface area contributed by atoms with Gasteiger partial charge in [-0.05, 0) is 37.1 Å². The molecule has 1 nitrogen and oxygen atoms in total. The average molecular weight is 288 g/mol. The molecule has 0 saturated carbocycles. The van der Waals surface area contributed by atoms with Crippen molar-refractivity contribution < 1.29 is 4.39 Å². The highest BCUT2D eigenvalue weighted by Crippen LogP contribution is 2.37. The maximum Gasteiger partial charge on any atom is 0.129 e. The fraction of sp³-hybridized carbons (Fsp3) is 0.571. The maximum atomic E-state index is 14.0. The van der Waals surface area contributed by atoms with Crippen LogP contribution in [0.2, 0.25) is 5.02 Å². The second-order valence-corrected chi connectivity index (χ2v) is 6.68. The zero-order valence-electron chi connectivity index (χ0n) is 10.8. The van der Waals surface area contributed by atoms with Crippen LogP contribution in [0.4, 0.5) is 4.39 Å². The minimum Gasteiger partial charge on any atom is -0.310 e. The van der Waals surface area contributed by atoms with Gasteiger partial charge in [0.25, 0.3) is 0 Å². The molecule has 2 unspecified atom stereocenters.